The quantitative estimate of drug-likeness (QED) is 0.161. The van der Waals surface area contributed by atoms with E-state index in [9.17, 15) is 14.7 Å². The maximum absolute atomic E-state index is 12.9. The van der Waals surface area contributed by atoms with Crippen molar-refractivity contribution in [3.05, 3.63) is 83.6 Å². The largest absolute Gasteiger partial charge is 0.484 e. The van der Waals surface area contributed by atoms with Crippen LogP contribution < -0.4 is 10.1 Å². The number of carboxylic acid groups (broad SMARTS) is 1. The summed E-state index contributed by atoms with van der Waals surface area (Å²) in [6, 6.07) is 16.7. The highest BCUT2D eigenvalue weighted by molar-refractivity contribution is 5.91. The molecule has 0 unspecified atom stereocenters. The summed E-state index contributed by atoms with van der Waals surface area (Å²) in [6.45, 7) is 8.25. The first-order valence-corrected chi connectivity index (χ1v) is 15.9. The number of nitrogens with one attached hydrogen (secondary N) is 1. The minimum atomic E-state index is -0.928. The fraction of sp³-hybridized carbons (Fsp3) is 0.500. The molecule has 3 fully saturated rings. The minimum Gasteiger partial charge on any atom is -0.484 e. The summed E-state index contributed by atoms with van der Waals surface area (Å²) in [4.78, 5) is 33.8. The van der Waals surface area contributed by atoms with Crippen molar-refractivity contribution in [1.29, 1.82) is 0 Å². The van der Waals surface area contributed by atoms with E-state index < -0.39 is 12.1 Å². The molecule has 3 saturated heterocycles. The van der Waals surface area contributed by atoms with E-state index in [0.29, 0.717) is 44.3 Å². The van der Waals surface area contributed by atoms with Crippen molar-refractivity contribution in [3.63, 3.8) is 0 Å². The maximum atomic E-state index is 12.9. The molecule has 3 aromatic rings. The van der Waals surface area contributed by atoms with Gasteiger partial charge in [-0.05, 0) is 75.4 Å². The number of hydrogen-bond acceptors (Lipinski definition) is 8. The summed E-state index contributed by atoms with van der Waals surface area (Å²) in [5, 5.41) is 13.4. The average molecular weight is 621 g/mol. The van der Waals surface area contributed by atoms with Gasteiger partial charge < -0.3 is 34.0 Å². The lowest BCUT2D eigenvalue weighted by molar-refractivity contribution is -0.139. The van der Waals surface area contributed by atoms with Crippen LogP contribution in [-0.2, 0) is 16.1 Å². The highest BCUT2D eigenvalue weighted by atomic mass is 16.7. The number of rotatable bonds is 16. The summed E-state index contributed by atoms with van der Waals surface area (Å²) in [6.07, 6.45) is 3.51. The molecular formula is C34H44N4O7. The van der Waals surface area contributed by atoms with Crippen LogP contribution in [0.5, 0.6) is 5.75 Å². The smallest absolute Gasteiger partial charge is 0.408 e. The summed E-state index contributed by atoms with van der Waals surface area (Å²) < 4.78 is 22.6. The van der Waals surface area contributed by atoms with Crippen molar-refractivity contribution >= 4 is 12.0 Å². The Labute approximate surface area is 264 Å². The van der Waals surface area contributed by atoms with Gasteiger partial charge >= 0.3 is 6.09 Å². The lowest BCUT2D eigenvalue weighted by atomic mass is 9.81. The molecule has 2 amide bonds. The summed E-state index contributed by atoms with van der Waals surface area (Å²) in [5.74, 6) is 0.825. The molecule has 11 nitrogen and oxygen atoms in total. The predicted octanol–water partition coefficient (Wildman–Crippen LogP) is 5.33. The van der Waals surface area contributed by atoms with Crippen LogP contribution in [0.4, 0.5) is 4.79 Å². The van der Waals surface area contributed by atoms with Gasteiger partial charge in [-0.3, -0.25) is 9.69 Å². The van der Waals surface area contributed by atoms with Crippen molar-refractivity contribution in [2.75, 3.05) is 39.4 Å². The fourth-order valence-corrected chi connectivity index (χ4v) is 6.39. The van der Waals surface area contributed by atoms with Crippen LogP contribution in [0, 0.1) is 5.92 Å². The molecule has 1 aromatic heterocycles. The van der Waals surface area contributed by atoms with Gasteiger partial charge in [-0.15, -0.1) is 0 Å². The van der Waals surface area contributed by atoms with Gasteiger partial charge in [-0.1, -0.05) is 42.5 Å². The number of hydrogen-bond donors (Lipinski definition) is 2. The Hall–Kier alpha value is -3.93. The first-order chi connectivity index (χ1) is 22.0. The predicted molar refractivity (Wildman–Crippen MR) is 167 cm³/mol. The summed E-state index contributed by atoms with van der Waals surface area (Å²) in [5.41, 5.74) is 1.90. The van der Waals surface area contributed by atoms with Crippen LogP contribution in [0.1, 0.15) is 73.1 Å². The average Bonchev–Trinajstić information content (AvgIpc) is 3.55. The van der Waals surface area contributed by atoms with Crippen LogP contribution in [0.3, 0.4) is 0 Å². The standard InChI is InChI=1S/C34H44N4O7/c1-3-42-31(43-4-2)14-9-17-35-33(39)28-22-45-30(36-28)23-44-27-13-8-12-26(20-27)32(25-10-6-5-7-11-25)38(34(40)41)29-21-37-18-15-24(29)16-19-37/h5-8,10-13,20,22,24,29,31-32H,3-4,9,14-19,21,23H2,1-2H3,(H,35,39)(H,40,41)/t29-,32-/m0/s1. The lowest BCUT2D eigenvalue weighted by Crippen LogP contribution is -2.59. The third-order valence-corrected chi connectivity index (χ3v) is 8.52. The number of oxazole rings is 1. The maximum Gasteiger partial charge on any atom is 0.408 e. The van der Waals surface area contributed by atoms with E-state index in [1.54, 1.807) is 4.90 Å². The molecular weight excluding hydrogens is 576 g/mol. The van der Waals surface area contributed by atoms with E-state index in [4.69, 9.17) is 18.6 Å². The first-order valence-electron chi connectivity index (χ1n) is 15.9. The number of carbonyl (C=O) groups is 2. The number of ether oxygens (including phenoxy) is 3. The number of amides is 2. The Morgan fingerprint density at radius 3 is 2.47 bits per heavy atom. The molecule has 0 spiro atoms. The van der Waals surface area contributed by atoms with Crippen molar-refractivity contribution in [2.24, 2.45) is 5.92 Å². The second-order valence-corrected chi connectivity index (χ2v) is 11.4. The molecule has 242 valence electrons. The summed E-state index contributed by atoms with van der Waals surface area (Å²) in [7, 11) is 0. The van der Waals surface area contributed by atoms with Gasteiger partial charge in [0.15, 0.2) is 18.6 Å². The van der Waals surface area contributed by atoms with Crippen LogP contribution >= 0.6 is 0 Å². The zero-order valence-electron chi connectivity index (χ0n) is 26.1. The van der Waals surface area contributed by atoms with Crippen molar-refractivity contribution in [2.45, 2.75) is 64.5 Å². The SMILES string of the molecule is CCOC(CCCNC(=O)c1coc(COc2cccc([C@H](c3ccccc3)N(C(=O)O)[C@H]3CN4CCC3CC4)c2)n1)OCC. The highest BCUT2D eigenvalue weighted by Gasteiger charge is 2.43. The van der Waals surface area contributed by atoms with Crippen molar-refractivity contribution in [1.82, 2.24) is 20.1 Å². The van der Waals surface area contributed by atoms with Crippen LogP contribution in [0.25, 0.3) is 0 Å². The van der Waals surface area contributed by atoms with Crippen LogP contribution in [-0.4, -0.2) is 83.6 Å². The molecule has 3 aliphatic rings. The molecule has 45 heavy (non-hydrogen) atoms. The van der Waals surface area contributed by atoms with Crippen molar-refractivity contribution in [3.8, 4) is 5.75 Å². The van der Waals surface area contributed by atoms with Gasteiger partial charge in [0.1, 0.15) is 12.0 Å². The normalized spacial score (nSPS) is 19.8. The van der Waals surface area contributed by atoms with Gasteiger partial charge in [-0.2, -0.15) is 0 Å². The van der Waals surface area contributed by atoms with E-state index in [1.807, 2.05) is 68.4 Å². The molecule has 0 radical (unpaired) electrons. The number of carbonyl (C=O) groups excluding carboxylic acids is 1. The Bertz CT molecular complexity index is 1370. The van der Waals surface area contributed by atoms with Gasteiger partial charge in [0.25, 0.3) is 5.91 Å². The Morgan fingerprint density at radius 1 is 1.07 bits per heavy atom. The fourth-order valence-electron chi connectivity index (χ4n) is 6.39. The Balaban J connectivity index is 1.23. The molecule has 2 bridgehead atoms. The number of aromatic nitrogens is 1. The molecule has 2 aromatic carbocycles. The van der Waals surface area contributed by atoms with E-state index >= 15 is 0 Å². The van der Waals surface area contributed by atoms with Gasteiger partial charge in [0.05, 0.1) is 12.1 Å². The molecule has 0 saturated carbocycles. The second-order valence-electron chi connectivity index (χ2n) is 11.4. The number of nitrogens with zero attached hydrogens (tertiary/aromatic N) is 3. The Morgan fingerprint density at radius 2 is 1.80 bits per heavy atom. The molecule has 4 heterocycles. The van der Waals surface area contributed by atoms with Crippen LogP contribution in [0.15, 0.2) is 65.3 Å². The van der Waals surface area contributed by atoms with E-state index in [-0.39, 0.29) is 36.4 Å². The van der Waals surface area contributed by atoms with Crippen molar-refractivity contribution < 1.29 is 33.3 Å². The molecule has 3 aliphatic heterocycles. The van der Waals surface area contributed by atoms with Gasteiger partial charge in [-0.25, -0.2) is 9.78 Å². The number of benzene rings is 2. The number of fused-ring (bicyclic) bond motifs is 3. The van der Waals surface area contributed by atoms with Gasteiger partial charge in [0, 0.05) is 32.7 Å². The molecule has 11 heteroatoms. The topological polar surface area (TPSA) is 127 Å². The minimum absolute atomic E-state index is 0.0133. The van der Waals surface area contributed by atoms with Gasteiger partial charge in [0.2, 0.25) is 5.89 Å². The number of piperidine rings is 3. The second kappa shape index (κ2) is 15.9. The molecule has 0 aliphatic carbocycles. The van der Waals surface area contributed by atoms with Crippen LogP contribution in [0.2, 0.25) is 0 Å². The zero-order valence-corrected chi connectivity index (χ0v) is 26.1. The summed E-state index contributed by atoms with van der Waals surface area (Å²) >= 11 is 0. The molecule has 2 atom stereocenters. The van der Waals surface area contributed by atoms with E-state index in [0.717, 1.165) is 43.6 Å². The van der Waals surface area contributed by atoms with E-state index in [1.165, 1.54) is 6.26 Å². The lowest BCUT2D eigenvalue weighted by Gasteiger charge is -2.50. The third kappa shape index (κ3) is 8.42. The highest BCUT2D eigenvalue weighted by Crippen LogP contribution is 2.39. The first kappa shape index (κ1) is 32.5. The Kier molecular flexibility index (Phi) is 11.5. The zero-order chi connectivity index (χ0) is 31.6. The molecule has 6 rings (SSSR count). The third-order valence-electron chi connectivity index (χ3n) is 8.52. The molecule has 2 N–H and O–H groups in total. The van der Waals surface area contributed by atoms with E-state index in [2.05, 4.69) is 15.2 Å². The monoisotopic (exact) mass is 620 g/mol.